The van der Waals surface area contributed by atoms with Crippen molar-refractivity contribution in [2.24, 2.45) is 0 Å². The van der Waals surface area contributed by atoms with Crippen LogP contribution in [0, 0.1) is 0 Å². The van der Waals surface area contributed by atoms with Crippen molar-refractivity contribution in [1.82, 2.24) is 10.2 Å². The number of halogens is 2. The van der Waals surface area contributed by atoms with Gasteiger partial charge in [0.1, 0.15) is 6.04 Å². The molecular weight excluding hydrogens is 433 g/mol. The number of carbonyl (C=O) groups excluding carboxylic acids is 3. The highest BCUT2D eigenvalue weighted by molar-refractivity contribution is 7.08. The van der Waals surface area contributed by atoms with Gasteiger partial charge in [-0.3, -0.25) is 14.4 Å². The number of nitrogens with zero attached hydrogens (tertiary/aromatic N) is 1. The Hall–Kier alpha value is -2.09. The standard InChI is InChI=1S/C20H21Cl2N3O3S/c21-15-5-4-14(11-16(15)22)24-20(28)17-3-1-2-9-25(17)18(26)6-8-23-19(27)13-7-10-29-12-13/h4-5,7,10-12,17H,1-3,6,8-9H2,(H,23,27)(H,24,28). The van der Waals surface area contributed by atoms with E-state index in [1.165, 1.54) is 11.3 Å². The topological polar surface area (TPSA) is 78.5 Å². The maximum absolute atomic E-state index is 12.8. The highest BCUT2D eigenvalue weighted by Crippen LogP contribution is 2.26. The fourth-order valence-corrected chi connectivity index (χ4v) is 4.16. The molecule has 1 unspecified atom stereocenters. The molecule has 0 radical (unpaired) electrons. The normalized spacial score (nSPS) is 16.3. The SMILES string of the molecule is O=C(NCCC(=O)N1CCCCC1C(=O)Nc1ccc(Cl)c(Cl)c1)c1ccsc1. The largest absolute Gasteiger partial charge is 0.351 e. The van der Waals surface area contributed by atoms with E-state index in [4.69, 9.17) is 23.2 Å². The average molecular weight is 454 g/mol. The van der Waals surface area contributed by atoms with Crippen LogP contribution in [0.2, 0.25) is 10.0 Å². The van der Waals surface area contributed by atoms with Gasteiger partial charge in [0.05, 0.1) is 10.0 Å². The third-order valence-corrected chi connectivity index (χ3v) is 6.14. The van der Waals surface area contributed by atoms with Crippen LogP contribution in [-0.4, -0.2) is 41.8 Å². The minimum atomic E-state index is -0.543. The van der Waals surface area contributed by atoms with E-state index < -0.39 is 6.04 Å². The summed E-state index contributed by atoms with van der Waals surface area (Å²) >= 11 is 13.3. The Kier molecular flexibility index (Phi) is 7.52. The molecule has 29 heavy (non-hydrogen) atoms. The van der Waals surface area contributed by atoms with E-state index in [2.05, 4.69) is 10.6 Å². The second-order valence-corrected chi connectivity index (χ2v) is 8.33. The molecule has 1 saturated heterocycles. The molecule has 1 aliphatic heterocycles. The maximum atomic E-state index is 12.8. The lowest BCUT2D eigenvalue weighted by atomic mass is 10.0. The predicted molar refractivity (Wildman–Crippen MR) is 116 cm³/mol. The first-order valence-electron chi connectivity index (χ1n) is 9.31. The Balaban J connectivity index is 1.56. The summed E-state index contributed by atoms with van der Waals surface area (Å²) in [6.45, 7) is 0.752. The van der Waals surface area contributed by atoms with Crippen molar-refractivity contribution in [3.8, 4) is 0 Å². The number of anilines is 1. The van der Waals surface area contributed by atoms with E-state index in [1.54, 1.807) is 34.5 Å². The number of nitrogens with one attached hydrogen (secondary N) is 2. The highest BCUT2D eigenvalue weighted by Gasteiger charge is 2.32. The maximum Gasteiger partial charge on any atom is 0.252 e. The molecular formula is C20H21Cl2N3O3S. The number of hydrogen-bond acceptors (Lipinski definition) is 4. The van der Waals surface area contributed by atoms with Crippen LogP contribution in [0.4, 0.5) is 5.69 Å². The van der Waals surface area contributed by atoms with Crippen LogP contribution in [0.15, 0.2) is 35.0 Å². The number of amides is 3. The molecule has 0 saturated carbocycles. The first-order chi connectivity index (χ1) is 14.0. The van der Waals surface area contributed by atoms with Crippen LogP contribution in [0.25, 0.3) is 0 Å². The van der Waals surface area contributed by atoms with Gasteiger partial charge < -0.3 is 15.5 Å². The van der Waals surface area contributed by atoms with Gasteiger partial charge in [0.25, 0.3) is 5.91 Å². The van der Waals surface area contributed by atoms with Crippen LogP contribution >= 0.6 is 34.5 Å². The van der Waals surface area contributed by atoms with Gasteiger partial charge in [0.2, 0.25) is 11.8 Å². The molecule has 1 aromatic heterocycles. The minimum absolute atomic E-state index is 0.145. The zero-order valence-corrected chi connectivity index (χ0v) is 17.9. The molecule has 1 aliphatic rings. The number of carbonyl (C=O) groups is 3. The Morgan fingerprint density at radius 3 is 2.69 bits per heavy atom. The Bertz CT molecular complexity index is 889. The number of benzene rings is 1. The fourth-order valence-electron chi connectivity index (χ4n) is 3.22. The van der Waals surface area contributed by atoms with E-state index in [-0.39, 0.29) is 30.7 Å². The molecule has 0 spiro atoms. The zero-order valence-electron chi connectivity index (χ0n) is 15.6. The number of piperidine rings is 1. The summed E-state index contributed by atoms with van der Waals surface area (Å²) in [4.78, 5) is 39.0. The van der Waals surface area contributed by atoms with E-state index >= 15 is 0 Å². The van der Waals surface area contributed by atoms with Gasteiger partial charge in [-0.1, -0.05) is 23.2 Å². The Morgan fingerprint density at radius 2 is 1.97 bits per heavy atom. The molecule has 2 N–H and O–H groups in total. The lowest BCUT2D eigenvalue weighted by Crippen LogP contribution is -2.50. The van der Waals surface area contributed by atoms with Gasteiger partial charge in [0.15, 0.2) is 0 Å². The third-order valence-electron chi connectivity index (χ3n) is 4.72. The van der Waals surface area contributed by atoms with Crippen molar-refractivity contribution in [3.05, 3.63) is 50.6 Å². The first-order valence-corrected chi connectivity index (χ1v) is 11.0. The summed E-state index contributed by atoms with van der Waals surface area (Å²) in [7, 11) is 0. The second kappa shape index (κ2) is 10.1. The van der Waals surface area contributed by atoms with Crippen molar-refractivity contribution in [2.75, 3.05) is 18.4 Å². The summed E-state index contributed by atoms with van der Waals surface area (Å²) in [6, 6.07) is 6.05. The van der Waals surface area contributed by atoms with Crippen LogP contribution in [-0.2, 0) is 9.59 Å². The summed E-state index contributed by atoms with van der Waals surface area (Å²) in [5.41, 5.74) is 1.12. The lowest BCUT2D eigenvalue weighted by Gasteiger charge is -2.34. The van der Waals surface area contributed by atoms with Gasteiger partial charge in [-0.2, -0.15) is 11.3 Å². The zero-order chi connectivity index (χ0) is 20.8. The highest BCUT2D eigenvalue weighted by atomic mass is 35.5. The van der Waals surface area contributed by atoms with Crippen LogP contribution in [0.1, 0.15) is 36.0 Å². The molecule has 154 valence electrons. The minimum Gasteiger partial charge on any atom is -0.351 e. The summed E-state index contributed by atoms with van der Waals surface area (Å²) < 4.78 is 0. The summed E-state index contributed by atoms with van der Waals surface area (Å²) in [5, 5.41) is 9.89. The molecule has 3 rings (SSSR count). The van der Waals surface area contributed by atoms with E-state index in [1.807, 2.05) is 5.38 Å². The average Bonchev–Trinajstić information content (AvgIpc) is 3.25. The molecule has 2 aromatic rings. The summed E-state index contributed by atoms with van der Waals surface area (Å²) in [6.07, 6.45) is 2.47. The van der Waals surface area contributed by atoms with Gasteiger partial charge in [-0.05, 0) is 48.9 Å². The van der Waals surface area contributed by atoms with Crippen LogP contribution in [0.3, 0.4) is 0 Å². The quantitative estimate of drug-likeness (QED) is 0.687. The molecule has 1 aromatic carbocycles. The van der Waals surface area contributed by atoms with Gasteiger partial charge in [0, 0.05) is 36.1 Å². The number of thiophene rings is 1. The first kappa shape index (κ1) is 21.6. The molecule has 0 aliphatic carbocycles. The molecule has 0 bridgehead atoms. The molecule has 1 fully saturated rings. The van der Waals surface area contributed by atoms with Crippen molar-refractivity contribution in [3.63, 3.8) is 0 Å². The molecule has 1 atom stereocenters. The molecule has 6 nitrogen and oxygen atoms in total. The van der Waals surface area contributed by atoms with Gasteiger partial charge in [-0.15, -0.1) is 0 Å². The van der Waals surface area contributed by atoms with Crippen LogP contribution in [0.5, 0.6) is 0 Å². The van der Waals surface area contributed by atoms with Gasteiger partial charge in [-0.25, -0.2) is 0 Å². The van der Waals surface area contributed by atoms with Crippen molar-refractivity contribution >= 4 is 57.9 Å². The molecule has 3 amide bonds. The predicted octanol–water partition coefficient (Wildman–Crippen LogP) is 4.19. The van der Waals surface area contributed by atoms with Crippen molar-refractivity contribution in [1.29, 1.82) is 0 Å². The summed E-state index contributed by atoms with van der Waals surface area (Å²) in [5.74, 6) is -0.602. The van der Waals surface area contributed by atoms with Gasteiger partial charge >= 0.3 is 0 Å². The Morgan fingerprint density at radius 1 is 1.14 bits per heavy atom. The second-order valence-electron chi connectivity index (χ2n) is 6.73. The third kappa shape index (κ3) is 5.72. The molecule has 2 heterocycles. The monoisotopic (exact) mass is 453 g/mol. The number of rotatable bonds is 6. The fraction of sp³-hybridized carbons (Fsp3) is 0.350. The van der Waals surface area contributed by atoms with E-state index in [0.717, 1.165) is 12.8 Å². The van der Waals surface area contributed by atoms with E-state index in [9.17, 15) is 14.4 Å². The lowest BCUT2D eigenvalue weighted by molar-refractivity contribution is -0.140. The van der Waals surface area contributed by atoms with Crippen molar-refractivity contribution in [2.45, 2.75) is 31.7 Å². The molecule has 9 heteroatoms. The number of likely N-dealkylation sites (tertiary alicyclic amines) is 1. The smallest absolute Gasteiger partial charge is 0.252 e. The number of hydrogen-bond donors (Lipinski definition) is 2. The van der Waals surface area contributed by atoms with E-state index in [0.29, 0.717) is 34.3 Å². The van der Waals surface area contributed by atoms with Crippen LogP contribution < -0.4 is 10.6 Å². The Labute approximate surface area is 183 Å². The van der Waals surface area contributed by atoms with Crippen molar-refractivity contribution < 1.29 is 14.4 Å².